The number of hydrogen-bond acceptors (Lipinski definition) is 5. The lowest BCUT2D eigenvalue weighted by Crippen LogP contribution is -2.25. The summed E-state index contributed by atoms with van der Waals surface area (Å²) in [6.45, 7) is 2.94. The maximum Gasteiger partial charge on any atom is 0.311 e. The number of benzene rings is 2. The Balaban J connectivity index is 1.96. The van der Waals surface area contributed by atoms with Crippen molar-refractivity contribution in [1.82, 2.24) is 5.43 Å². The zero-order valence-electron chi connectivity index (χ0n) is 13.7. The molecule has 0 fully saturated rings. The molecule has 7 nitrogen and oxygen atoms in total. The van der Waals surface area contributed by atoms with Crippen molar-refractivity contribution >= 4 is 17.3 Å². The lowest BCUT2D eigenvalue weighted by Gasteiger charge is -2.07. The third-order valence-electron chi connectivity index (χ3n) is 3.28. The zero-order chi connectivity index (χ0) is 18.4. The van der Waals surface area contributed by atoms with Crippen molar-refractivity contribution in [3.05, 3.63) is 69.5 Å². The molecule has 0 unspecified atom stereocenters. The molecule has 2 rings (SSSR count). The van der Waals surface area contributed by atoms with E-state index in [1.807, 2.05) is 0 Å². The van der Waals surface area contributed by atoms with Crippen LogP contribution >= 0.6 is 0 Å². The highest BCUT2D eigenvalue weighted by Gasteiger charge is 2.16. The number of amides is 1. The van der Waals surface area contributed by atoms with Crippen LogP contribution in [0.5, 0.6) is 5.75 Å². The van der Waals surface area contributed by atoms with Gasteiger partial charge in [0.25, 0.3) is 5.91 Å². The molecule has 8 heteroatoms. The Bertz CT molecular complexity index is 819. The Labute approximate surface area is 143 Å². The highest BCUT2D eigenvalue weighted by molar-refractivity contribution is 5.99. The minimum absolute atomic E-state index is 0.00462. The fourth-order valence-electron chi connectivity index (χ4n) is 1.97. The normalized spacial score (nSPS) is 11.1. The lowest BCUT2D eigenvalue weighted by molar-refractivity contribution is -0.385. The van der Waals surface area contributed by atoms with Crippen molar-refractivity contribution in [2.24, 2.45) is 5.10 Å². The summed E-state index contributed by atoms with van der Waals surface area (Å²) in [5, 5.41) is 14.9. The summed E-state index contributed by atoms with van der Waals surface area (Å²) < 4.78 is 18.1. The van der Waals surface area contributed by atoms with Crippen LogP contribution in [0.3, 0.4) is 0 Å². The molecule has 0 radical (unpaired) electrons. The fourth-order valence-corrected chi connectivity index (χ4v) is 1.97. The molecule has 0 heterocycles. The van der Waals surface area contributed by atoms with Crippen molar-refractivity contribution in [3.8, 4) is 5.75 Å². The number of nitro benzene ring substituents is 1. The van der Waals surface area contributed by atoms with Crippen molar-refractivity contribution in [2.45, 2.75) is 13.8 Å². The first-order valence-corrected chi connectivity index (χ1v) is 7.33. The molecule has 1 N–H and O–H groups in total. The van der Waals surface area contributed by atoms with E-state index in [9.17, 15) is 19.3 Å². The molecular weight excluding hydrogens is 329 g/mol. The number of hydrazone groups is 1. The number of carbonyl (C=O) groups is 1. The van der Waals surface area contributed by atoms with E-state index in [2.05, 4.69) is 10.5 Å². The maximum atomic E-state index is 12.9. The van der Waals surface area contributed by atoms with Crippen LogP contribution in [-0.4, -0.2) is 23.1 Å². The molecular formula is C17H16FN3O4. The van der Waals surface area contributed by atoms with Gasteiger partial charge in [-0.1, -0.05) is 18.2 Å². The lowest BCUT2D eigenvalue weighted by atomic mass is 10.1. The molecule has 2 aromatic carbocycles. The van der Waals surface area contributed by atoms with E-state index < -0.39 is 17.4 Å². The van der Waals surface area contributed by atoms with Crippen LogP contribution in [0.4, 0.5) is 10.1 Å². The van der Waals surface area contributed by atoms with E-state index >= 15 is 0 Å². The number of aryl methyl sites for hydroxylation is 1. The molecule has 0 saturated heterocycles. The van der Waals surface area contributed by atoms with Gasteiger partial charge in [-0.25, -0.2) is 9.82 Å². The zero-order valence-corrected chi connectivity index (χ0v) is 13.7. The Morgan fingerprint density at radius 3 is 2.60 bits per heavy atom. The van der Waals surface area contributed by atoms with E-state index in [0.717, 1.165) is 0 Å². The van der Waals surface area contributed by atoms with Crippen molar-refractivity contribution < 1.29 is 18.8 Å². The topological polar surface area (TPSA) is 93.8 Å². The third kappa shape index (κ3) is 5.10. The first kappa shape index (κ1) is 18.1. The molecule has 25 heavy (non-hydrogen) atoms. The van der Waals surface area contributed by atoms with Gasteiger partial charge in [0.2, 0.25) is 0 Å². The molecule has 0 aliphatic carbocycles. The summed E-state index contributed by atoms with van der Waals surface area (Å²) in [4.78, 5) is 22.2. The smallest absolute Gasteiger partial charge is 0.311 e. The van der Waals surface area contributed by atoms with Gasteiger partial charge in [0.1, 0.15) is 5.82 Å². The third-order valence-corrected chi connectivity index (χ3v) is 3.28. The number of halogens is 1. The van der Waals surface area contributed by atoms with Crippen LogP contribution in [0.25, 0.3) is 0 Å². The Morgan fingerprint density at radius 2 is 1.96 bits per heavy atom. The molecule has 0 saturated carbocycles. The molecule has 0 aliphatic heterocycles. The molecule has 1 amide bonds. The summed E-state index contributed by atoms with van der Waals surface area (Å²) in [5.74, 6) is -0.935. The van der Waals surface area contributed by atoms with Crippen LogP contribution in [-0.2, 0) is 4.79 Å². The summed E-state index contributed by atoms with van der Waals surface area (Å²) in [6.07, 6.45) is 0. The van der Waals surface area contributed by atoms with Crippen molar-refractivity contribution in [3.63, 3.8) is 0 Å². The summed E-state index contributed by atoms with van der Waals surface area (Å²) in [6, 6.07) is 10.1. The van der Waals surface area contributed by atoms with E-state index in [-0.39, 0.29) is 17.3 Å². The largest absolute Gasteiger partial charge is 0.477 e. The van der Waals surface area contributed by atoms with Gasteiger partial charge in [-0.3, -0.25) is 14.9 Å². The average molecular weight is 345 g/mol. The number of ether oxygens (including phenoxy) is 1. The van der Waals surface area contributed by atoms with Crippen molar-refractivity contribution in [1.29, 1.82) is 0 Å². The number of carbonyl (C=O) groups excluding carboxylic acids is 1. The average Bonchev–Trinajstić information content (AvgIpc) is 2.59. The summed E-state index contributed by atoms with van der Waals surface area (Å²) in [7, 11) is 0. The summed E-state index contributed by atoms with van der Waals surface area (Å²) >= 11 is 0. The molecule has 130 valence electrons. The number of nitro groups is 1. The molecule has 0 bridgehead atoms. The Hall–Kier alpha value is -3.29. The number of hydrogen-bond donors (Lipinski definition) is 1. The first-order chi connectivity index (χ1) is 11.9. The Morgan fingerprint density at radius 1 is 1.28 bits per heavy atom. The highest BCUT2D eigenvalue weighted by Crippen LogP contribution is 2.27. The SMILES string of the molecule is CC(=NNC(=O)COc1ccc(C)cc1[N+](=O)[O-])c1ccc(F)cc1. The number of rotatable bonds is 6. The fraction of sp³-hybridized carbons (Fsp3) is 0.176. The van der Waals surface area contributed by atoms with Crippen molar-refractivity contribution in [2.75, 3.05) is 6.61 Å². The number of nitrogens with zero attached hydrogens (tertiary/aromatic N) is 2. The quantitative estimate of drug-likeness (QED) is 0.495. The standard InChI is InChI=1S/C17H16FN3O4/c1-11-3-8-16(15(9-11)21(23)24)25-10-17(22)20-19-12(2)13-4-6-14(18)7-5-13/h3-9H,10H2,1-2H3,(H,20,22). The molecule has 0 spiro atoms. The van der Waals surface area contributed by atoms with E-state index in [4.69, 9.17) is 4.74 Å². The van der Waals surface area contributed by atoms with Gasteiger partial charge >= 0.3 is 5.69 Å². The molecule has 0 atom stereocenters. The van der Waals surface area contributed by atoms with Gasteiger partial charge in [-0.05, 0) is 43.2 Å². The molecule has 2 aromatic rings. The van der Waals surface area contributed by atoms with Crippen LogP contribution in [0, 0.1) is 22.9 Å². The van der Waals surface area contributed by atoms with Crippen LogP contribution < -0.4 is 10.2 Å². The number of nitrogens with one attached hydrogen (secondary N) is 1. The van der Waals surface area contributed by atoms with Crippen LogP contribution in [0.15, 0.2) is 47.6 Å². The van der Waals surface area contributed by atoms with Crippen LogP contribution in [0.1, 0.15) is 18.1 Å². The second-order valence-corrected chi connectivity index (χ2v) is 5.26. The molecule has 0 aliphatic rings. The maximum absolute atomic E-state index is 12.9. The van der Waals surface area contributed by atoms with E-state index in [1.54, 1.807) is 19.9 Å². The predicted octanol–water partition coefficient (Wildman–Crippen LogP) is 2.96. The second-order valence-electron chi connectivity index (χ2n) is 5.26. The first-order valence-electron chi connectivity index (χ1n) is 7.33. The monoisotopic (exact) mass is 345 g/mol. The van der Waals surface area contributed by atoms with E-state index in [0.29, 0.717) is 16.8 Å². The van der Waals surface area contributed by atoms with E-state index in [1.165, 1.54) is 36.4 Å². The van der Waals surface area contributed by atoms with Gasteiger partial charge in [-0.15, -0.1) is 0 Å². The minimum atomic E-state index is -0.573. The van der Waals surface area contributed by atoms with Gasteiger partial charge < -0.3 is 4.74 Å². The summed E-state index contributed by atoms with van der Waals surface area (Å²) in [5.41, 5.74) is 3.92. The minimum Gasteiger partial charge on any atom is -0.477 e. The van der Waals surface area contributed by atoms with Crippen LogP contribution in [0.2, 0.25) is 0 Å². The second kappa shape index (κ2) is 8.00. The Kier molecular flexibility index (Phi) is 5.78. The molecule has 0 aromatic heterocycles. The highest BCUT2D eigenvalue weighted by atomic mass is 19.1. The van der Waals surface area contributed by atoms with Gasteiger partial charge in [0, 0.05) is 6.07 Å². The van der Waals surface area contributed by atoms with Gasteiger partial charge in [0.15, 0.2) is 12.4 Å². The predicted molar refractivity (Wildman–Crippen MR) is 90.1 cm³/mol. The van der Waals surface area contributed by atoms with Gasteiger partial charge in [0.05, 0.1) is 10.6 Å². The van der Waals surface area contributed by atoms with Gasteiger partial charge in [-0.2, -0.15) is 5.10 Å².